The smallest absolute Gasteiger partial charge is 0.415 e. The molecule has 2 amide bonds. The first kappa shape index (κ1) is 31.9. The summed E-state index contributed by atoms with van der Waals surface area (Å²) in [5.74, 6) is 5.44. The number of thioether (sulfide) groups is 1. The lowest BCUT2D eigenvalue weighted by molar-refractivity contribution is 0.0216. The summed E-state index contributed by atoms with van der Waals surface area (Å²) in [7, 11) is 0. The van der Waals surface area contributed by atoms with E-state index in [4.69, 9.17) is 9.47 Å². The third-order valence-electron chi connectivity index (χ3n) is 7.14. The Labute approximate surface area is 259 Å². The van der Waals surface area contributed by atoms with Crippen LogP contribution in [-0.4, -0.2) is 58.2 Å². The molecule has 3 heterocycles. The van der Waals surface area contributed by atoms with E-state index in [-0.39, 0.29) is 28.4 Å². The van der Waals surface area contributed by atoms with Crippen molar-refractivity contribution in [1.82, 2.24) is 9.88 Å². The highest BCUT2D eigenvalue weighted by molar-refractivity contribution is 9.10. The van der Waals surface area contributed by atoms with E-state index in [0.29, 0.717) is 46.6 Å². The first-order valence-electron chi connectivity index (χ1n) is 13.8. The number of anilines is 1. The fourth-order valence-electron chi connectivity index (χ4n) is 5.54. The third kappa shape index (κ3) is 6.18. The Balaban J connectivity index is 1.99. The van der Waals surface area contributed by atoms with E-state index >= 15 is 4.39 Å². The summed E-state index contributed by atoms with van der Waals surface area (Å²) in [6.45, 7) is 12.9. The van der Waals surface area contributed by atoms with Gasteiger partial charge < -0.3 is 14.4 Å². The minimum Gasteiger partial charge on any atom is -0.444 e. The molecule has 42 heavy (non-hydrogen) atoms. The van der Waals surface area contributed by atoms with Crippen LogP contribution in [0.25, 0.3) is 10.9 Å². The summed E-state index contributed by atoms with van der Waals surface area (Å²) in [6, 6.07) is 3.12. The lowest BCUT2D eigenvalue weighted by Crippen LogP contribution is -2.59. The van der Waals surface area contributed by atoms with Crippen LogP contribution in [0, 0.1) is 34.9 Å². The molecule has 0 radical (unpaired) electrons. The van der Waals surface area contributed by atoms with Crippen molar-refractivity contribution in [2.45, 2.75) is 96.0 Å². The molecular formula is C31H36BrFN4O4S. The Morgan fingerprint density at radius 2 is 1.90 bits per heavy atom. The molecule has 3 atom stereocenters. The molecule has 0 spiro atoms. The van der Waals surface area contributed by atoms with Crippen molar-refractivity contribution in [3.05, 3.63) is 27.5 Å². The highest BCUT2D eigenvalue weighted by atomic mass is 79.9. The van der Waals surface area contributed by atoms with Gasteiger partial charge in [0.1, 0.15) is 21.7 Å². The minimum atomic E-state index is -0.822. The van der Waals surface area contributed by atoms with Crippen LogP contribution in [0.5, 0.6) is 0 Å². The number of carbonyl (C=O) groups is 2. The molecule has 2 aliphatic heterocycles. The molecule has 3 aliphatic rings. The van der Waals surface area contributed by atoms with Gasteiger partial charge in [-0.1, -0.05) is 5.92 Å². The van der Waals surface area contributed by atoms with Crippen LogP contribution in [0.3, 0.4) is 0 Å². The fraction of sp³-hybridized carbons (Fsp3) is 0.548. The minimum absolute atomic E-state index is 0.0447. The number of benzene rings is 1. The normalized spacial score (nSPS) is 19.5. The Bertz CT molecular complexity index is 1530. The van der Waals surface area contributed by atoms with E-state index in [0.717, 1.165) is 0 Å². The third-order valence-corrected chi connectivity index (χ3v) is 8.67. The highest BCUT2D eigenvalue weighted by Gasteiger charge is 2.59. The summed E-state index contributed by atoms with van der Waals surface area (Å²) in [6.07, 6.45) is 1.95. The first-order valence-corrected chi connectivity index (χ1v) is 15.8. The van der Waals surface area contributed by atoms with Gasteiger partial charge in [-0.15, -0.1) is 17.7 Å². The van der Waals surface area contributed by atoms with Gasteiger partial charge in [0.15, 0.2) is 5.82 Å². The number of amides is 2. The Morgan fingerprint density at radius 1 is 1.24 bits per heavy atom. The van der Waals surface area contributed by atoms with Gasteiger partial charge in [-0.05, 0) is 95.1 Å². The van der Waals surface area contributed by atoms with E-state index in [1.54, 1.807) is 43.6 Å². The number of hydrogen-bond donors (Lipinski definition) is 0. The van der Waals surface area contributed by atoms with E-state index in [1.165, 1.54) is 11.8 Å². The van der Waals surface area contributed by atoms with Gasteiger partial charge in [-0.2, -0.15) is 5.26 Å². The van der Waals surface area contributed by atoms with Crippen molar-refractivity contribution >= 4 is 56.5 Å². The number of fused-ring (bicyclic) bond motifs is 2. The second-order valence-corrected chi connectivity index (χ2v) is 14.1. The quantitative estimate of drug-likeness (QED) is 0.243. The summed E-state index contributed by atoms with van der Waals surface area (Å²) >= 11 is 4.67. The van der Waals surface area contributed by atoms with E-state index in [1.807, 2.05) is 27.0 Å². The average molecular weight is 660 g/mol. The molecule has 8 nitrogen and oxygen atoms in total. The molecule has 2 saturated heterocycles. The summed E-state index contributed by atoms with van der Waals surface area (Å²) < 4.78 is 27.8. The van der Waals surface area contributed by atoms with Crippen LogP contribution in [0.1, 0.15) is 72.4 Å². The molecule has 0 N–H and O–H groups in total. The maximum atomic E-state index is 16.0. The zero-order chi connectivity index (χ0) is 31.1. The number of aromatic nitrogens is 1. The van der Waals surface area contributed by atoms with Crippen LogP contribution in [0.4, 0.5) is 19.7 Å². The van der Waals surface area contributed by atoms with Gasteiger partial charge in [0.2, 0.25) is 0 Å². The first-order chi connectivity index (χ1) is 19.6. The largest absolute Gasteiger partial charge is 0.444 e. The molecule has 1 aromatic heterocycles. The van der Waals surface area contributed by atoms with Gasteiger partial charge >= 0.3 is 12.2 Å². The lowest BCUT2D eigenvalue weighted by Gasteiger charge is -2.44. The zero-order valence-electron chi connectivity index (χ0n) is 25.2. The van der Waals surface area contributed by atoms with E-state index < -0.39 is 35.2 Å². The molecule has 1 saturated carbocycles. The summed E-state index contributed by atoms with van der Waals surface area (Å²) in [4.78, 5) is 35.2. The maximum Gasteiger partial charge on any atom is 0.415 e. The second-order valence-electron chi connectivity index (χ2n) is 12.5. The van der Waals surface area contributed by atoms with E-state index in [2.05, 4.69) is 38.8 Å². The number of rotatable bonds is 5. The van der Waals surface area contributed by atoms with Crippen LogP contribution in [-0.2, 0) is 15.9 Å². The number of pyridine rings is 1. The van der Waals surface area contributed by atoms with E-state index in [9.17, 15) is 14.9 Å². The van der Waals surface area contributed by atoms with Crippen LogP contribution >= 0.6 is 27.7 Å². The molecule has 1 aromatic carbocycles. The predicted molar refractivity (Wildman–Crippen MR) is 165 cm³/mol. The zero-order valence-corrected chi connectivity index (χ0v) is 27.6. The topological polar surface area (TPSA) is 95.8 Å². The molecule has 5 rings (SSSR count). The number of aryl methyl sites for hydroxylation is 1. The molecule has 3 fully saturated rings. The Kier molecular flexibility index (Phi) is 9.06. The molecule has 2 bridgehead atoms. The van der Waals surface area contributed by atoms with Gasteiger partial charge in [0, 0.05) is 24.3 Å². The number of nitrogens with zero attached hydrogens (tertiary/aromatic N) is 4. The van der Waals surface area contributed by atoms with Crippen LogP contribution in [0.2, 0.25) is 0 Å². The summed E-state index contributed by atoms with van der Waals surface area (Å²) in [5.41, 5.74) is 0.0282. The van der Waals surface area contributed by atoms with Gasteiger partial charge in [-0.3, -0.25) is 4.90 Å². The SMILES string of the molecule is CC#Cc1c(SC)nc2c(F)c(Br)c(CCC#N)cc2c1N(C(=O)OC(C)(C)C)C1[C@@H]2C[C@H]1N(C(=O)OC(C)(C)C)C2. The number of hydrogen-bond acceptors (Lipinski definition) is 7. The van der Waals surface area contributed by atoms with Gasteiger partial charge in [-0.25, -0.2) is 19.0 Å². The van der Waals surface area contributed by atoms with Crippen molar-refractivity contribution in [1.29, 1.82) is 5.26 Å². The Hall–Kier alpha value is -3.02. The predicted octanol–water partition coefficient (Wildman–Crippen LogP) is 7.44. The molecule has 11 heteroatoms. The van der Waals surface area contributed by atoms with Crippen molar-refractivity contribution in [2.24, 2.45) is 5.92 Å². The number of halogens is 2. The maximum absolute atomic E-state index is 16.0. The average Bonchev–Trinajstić information content (AvgIpc) is 3.47. The second kappa shape index (κ2) is 11.9. The molecule has 1 aliphatic carbocycles. The summed E-state index contributed by atoms with van der Waals surface area (Å²) in [5, 5.41) is 10.1. The number of nitriles is 1. The number of ether oxygens (including phenoxy) is 2. The van der Waals surface area contributed by atoms with Crippen LogP contribution in [0.15, 0.2) is 15.6 Å². The number of carbonyl (C=O) groups excluding carboxylic acids is 2. The van der Waals surface area contributed by atoms with Crippen molar-refractivity contribution in [2.75, 3.05) is 17.7 Å². The molecule has 1 unspecified atom stereocenters. The molecular weight excluding hydrogens is 623 g/mol. The fourth-order valence-corrected chi connectivity index (χ4v) is 6.57. The van der Waals surface area contributed by atoms with Gasteiger partial charge in [0.05, 0.1) is 33.9 Å². The van der Waals surface area contributed by atoms with Crippen molar-refractivity contribution < 1.29 is 23.5 Å². The Morgan fingerprint density at radius 3 is 2.48 bits per heavy atom. The van der Waals surface area contributed by atoms with Crippen molar-refractivity contribution in [3.8, 4) is 17.9 Å². The highest BCUT2D eigenvalue weighted by Crippen LogP contribution is 2.49. The standard InChI is InChI=1S/C31H36BrFN4O4S/c1-9-11-19-26(20-14-17(12-10-13-34)22(32)23(33)24(20)35-27(19)42-8)37(29(39)41-31(5,6)7)25-18-15-21(25)36(16-18)28(38)40-30(2,3)4/h14,18,21,25H,10,12,15-16H2,1-8H3/t18-,21-,25?/m1/s1. The monoisotopic (exact) mass is 658 g/mol. The van der Waals surface area contributed by atoms with Gasteiger partial charge in [0.25, 0.3) is 0 Å². The molecule has 224 valence electrons. The van der Waals surface area contributed by atoms with Crippen LogP contribution < -0.4 is 4.90 Å². The van der Waals surface area contributed by atoms with Crippen molar-refractivity contribution in [3.63, 3.8) is 0 Å². The molecule has 2 aromatic rings. The lowest BCUT2D eigenvalue weighted by atomic mass is 9.78.